The predicted octanol–water partition coefficient (Wildman–Crippen LogP) is 1.74. The second-order valence-corrected chi connectivity index (χ2v) is 7.04. The molecular formula is C18H18ClN3O4. The molecule has 0 bridgehead atoms. The topological polar surface area (TPSA) is 87.7 Å². The number of amides is 3. The minimum absolute atomic E-state index is 0.122. The number of imide groups is 1. The molecule has 3 heterocycles. The number of nitrogens with zero attached hydrogens (tertiary/aromatic N) is 1. The number of esters is 1. The number of hydrogen-bond donors (Lipinski definition) is 2. The van der Waals surface area contributed by atoms with E-state index in [0.29, 0.717) is 22.8 Å². The van der Waals surface area contributed by atoms with Gasteiger partial charge in [0.2, 0.25) is 5.91 Å². The molecule has 8 heteroatoms. The Morgan fingerprint density at radius 1 is 1.23 bits per heavy atom. The minimum atomic E-state index is -0.634. The van der Waals surface area contributed by atoms with Gasteiger partial charge in [0.05, 0.1) is 17.2 Å². The van der Waals surface area contributed by atoms with E-state index in [0.717, 1.165) is 12.0 Å². The molecule has 0 spiro atoms. The highest BCUT2D eigenvalue weighted by Gasteiger charge is 2.53. The third-order valence-electron chi connectivity index (χ3n) is 5.05. The van der Waals surface area contributed by atoms with Crippen molar-refractivity contribution in [2.75, 3.05) is 13.2 Å². The summed E-state index contributed by atoms with van der Waals surface area (Å²) >= 11 is 5.99. The Hall–Kier alpha value is -2.54. The number of ether oxygens (including phenoxy) is 1. The van der Waals surface area contributed by atoms with Gasteiger partial charge in [-0.15, -0.1) is 0 Å². The molecular weight excluding hydrogens is 358 g/mol. The van der Waals surface area contributed by atoms with Crippen molar-refractivity contribution in [2.45, 2.75) is 25.4 Å². The fourth-order valence-corrected chi connectivity index (χ4v) is 4.09. The Kier molecular flexibility index (Phi) is 4.11. The van der Waals surface area contributed by atoms with Gasteiger partial charge < -0.3 is 15.0 Å². The first-order chi connectivity index (χ1) is 12.5. The van der Waals surface area contributed by atoms with E-state index in [2.05, 4.69) is 10.6 Å². The molecule has 1 aromatic carbocycles. The average molecular weight is 376 g/mol. The van der Waals surface area contributed by atoms with Crippen LogP contribution in [0, 0.1) is 5.92 Å². The molecule has 7 nitrogen and oxygen atoms in total. The van der Waals surface area contributed by atoms with E-state index >= 15 is 0 Å². The van der Waals surface area contributed by atoms with Gasteiger partial charge in [-0.2, -0.15) is 0 Å². The van der Waals surface area contributed by atoms with Crippen LogP contribution in [0.1, 0.15) is 24.8 Å². The molecule has 1 saturated heterocycles. The van der Waals surface area contributed by atoms with Crippen LogP contribution in [0.5, 0.6) is 0 Å². The molecule has 1 fully saturated rings. The van der Waals surface area contributed by atoms with Crippen LogP contribution >= 0.6 is 11.6 Å². The maximum atomic E-state index is 12.7. The van der Waals surface area contributed by atoms with E-state index in [4.69, 9.17) is 16.3 Å². The summed E-state index contributed by atoms with van der Waals surface area (Å²) in [6.07, 6.45) is 0.226. The van der Waals surface area contributed by atoms with Crippen molar-refractivity contribution in [3.63, 3.8) is 0 Å². The van der Waals surface area contributed by atoms with Crippen molar-refractivity contribution in [3.8, 4) is 0 Å². The molecule has 3 unspecified atom stereocenters. The van der Waals surface area contributed by atoms with Crippen molar-refractivity contribution < 1.29 is 19.1 Å². The number of benzene rings is 1. The number of fused-ring (bicyclic) bond motifs is 1. The zero-order valence-electron chi connectivity index (χ0n) is 14.1. The molecule has 0 radical (unpaired) electrons. The van der Waals surface area contributed by atoms with Gasteiger partial charge in [0, 0.05) is 17.5 Å². The lowest BCUT2D eigenvalue weighted by Crippen LogP contribution is -2.67. The van der Waals surface area contributed by atoms with Crippen molar-refractivity contribution >= 4 is 29.5 Å². The summed E-state index contributed by atoms with van der Waals surface area (Å²) in [6.45, 7) is 2.58. The number of cyclic esters (lactones) is 1. The van der Waals surface area contributed by atoms with Crippen LogP contribution in [0.4, 0.5) is 4.79 Å². The summed E-state index contributed by atoms with van der Waals surface area (Å²) in [4.78, 5) is 39.0. The molecule has 4 rings (SSSR count). The second-order valence-electron chi connectivity index (χ2n) is 6.60. The molecule has 3 aliphatic rings. The Bertz CT molecular complexity index is 820. The highest BCUT2D eigenvalue weighted by molar-refractivity contribution is 6.30. The molecule has 26 heavy (non-hydrogen) atoms. The van der Waals surface area contributed by atoms with Gasteiger partial charge in [-0.1, -0.05) is 30.7 Å². The Labute approximate surface area is 155 Å². The van der Waals surface area contributed by atoms with Crippen LogP contribution in [0.25, 0.3) is 0 Å². The van der Waals surface area contributed by atoms with Gasteiger partial charge in [0.1, 0.15) is 12.8 Å². The molecule has 0 aromatic heterocycles. The van der Waals surface area contributed by atoms with Crippen molar-refractivity contribution in [3.05, 3.63) is 46.1 Å². The lowest BCUT2D eigenvalue weighted by atomic mass is 9.74. The van der Waals surface area contributed by atoms with Crippen molar-refractivity contribution in [1.82, 2.24) is 15.5 Å². The first-order valence-corrected chi connectivity index (χ1v) is 8.92. The monoisotopic (exact) mass is 375 g/mol. The van der Waals surface area contributed by atoms with Crippen LogP contribution in [-0.4, -0.2) is 42.1 Å². The molecule has 3 atom stereocenters. The number of hydrogen-bond acceptors (Lipinski definition) is 5. The summed E-state index contributed by atoms with van der Waals surface area (Å²) in [5.74, 6) is -1.97. The SMILES string of the molecule is CCCN1C(=O)NC(=O)C2C(c3ccc(Cl)cc3)C3=C(COC3=O)NC21. The summed E-state index contributed by atoms with van der Waals surface area (Å²) in [5.41, 5.74) is 1.88. The fraction of sp³-hybridized carbons (Fsp3) is 0.389. The zero-order valence-corrected chi connectivity index (χ0v) is 14.9. The van der Waals surface area contributed by atoms with Crippen molar-refractivity contribution in [1.29, 1.82) is 0 Å². The van der Waals surface area contributed by atoms with Crippen LogP contribution < -0.4 is 10.6 Å². The number of urea groups is 1. The maximum Gasteiger partial charge on any atom is 0.336 e. The Morgan fingerprint density at radius 3 is 2.65 bits per heavy atom. The molecule has 3 amide bonds. The van der Waals surface area contributed by atoms with Gasteiger partial charge in [-0.25, -0.2) is 9.59 Å². The highest BCUT2D eigenvalue weighted by Crippen LogP contribution is 2.43. The minimum Gasteiger partial charge on any atom is -0.456 e. The van der Waals surface area contributed by atoms with Crippen LogP contribution in [0.3, 0.4) is 0 Å². The van der Waals surface area contributed by atoms with Gasteiger partial charge in [0.15, 0.2) is 0 Å². The fourth-order valence-electron chi connectivity index (χ4n) is 3.96. The lowest BCUT2D eigenvalue weighted by molar-refractivity contribution is -0.136. The van der Waals surface area contributed by atoms with E-state index in [1.807, 2.05) is 6.92 Å². The van der Waals surface area contributed by atoms with Gasteiger partial charge >= 0.3 is 12.0 Å². The second kappa shape index (κ2) is 6.32. The van der Waals surface area contributed by atoms with Gasteiger partial charge in [-0.05, 0) is 24.1 Å². The molecule has 136 valence electrons. The van der Waals surface area contributed by atoms with E-state index < -0.39 is 35.9 Å². The van der Waals surface area contributed by atoms with Crippen molar-refractivity contribution in [2.24, 2.45) is 5.92 Å². The predicted molar refractivity (Wildman–Crippen MR) is 93.1 cm³/mol. The summed E-state index contributed by atoms with van der Waals surface area (Å²) in [7, 11) is 0. The third kappa shape index (κ3) is 2.54. The molecule has 3 aliphatic heterocycles. The van der Waals surface area contributed by atoms with E-state index in [-0.39, 0.29) is 6.61 Å². The molecule has 0 aliphatic carbocycles. The number of nitrogens with one attached hydrogen (secondary N) is 2. The van der Waals surface area contributed by atoms with Gasteiger partial charge in [0.25, 0.3) is 0 Å². The Balaban J connectivity index is 1.84. The first-order valence-electron chi connectivity index (χ1n) is 8.55. The van der Waals surface area contributed by atoms with E-state index in [9.17, 15) is 14.4 Å². The molecule has 2 N–H and O–H groups in total. The Morgan fingerprint density at radius 2 is 1.96 bits per heavy atom. The normalized spacial score (nSPS) is 27.5. The van der Waals surface area contributed by atoms with E-state index in [1.54, 1.807) is 29.2 Å². The average Bonchev–Trinajstić information content (AvgIpc) is 2.98. The standard InChI is InChI=1S/C18H18ClN3O4/c1-2-7-22-15-14(16(23)21-18(22)25)12(9-3-5-10(19)6-4-9)13-11(20-15)8-26-17(13)24/h3-6,12,14-15,20H,2,7-8H2,1H3,(H,21,23,25). The number of halogens is 1. The smallest absolute Gasteiger partial charge is 0.336 e. The van der Waals surface area contributed by atoms with Crippen LogP contribution in [-0.2, 0) is 14.3 Å². The number of carbonyl (C=O) groups is 3. The van der Waals surface area contributed by atoms with Crippen LogP contribution in [0.2, 0.25) is 5.02 Å². The van der Waals surface area contributed by atoms with E-state index in [1.165, 1.54) is 0 Å². The molecule has 1 aromatic rings. The highest BCUT2D eigenvalue weighted by atomic mass is 35.5. The number of rotatable bonds is 3. The van der Waals surface area contributed by atoms with Gasteiger partial charge in [-0.3, -0.25) is 10.1 Å². The summed E-state index contributed by atoms with van der Waals surface area (Å²) in [6, 6.07) is 6.64. The molecule has 0 saturated carbocycles. The summed E-state index contributed by atoms with van der Waals surface area (Å²) in [5, 5.41) is 6.20. The third-order valence-corrected chi connectivity index (χ3v) is 5.30. The summed E-state index contributed by atoms with van der Waals surface area (Å²) < 4.78 is 5.20. The quantitative estimate of drug-likeness (QED) is 0.786. The maximum absolute atomic E-state index is 12.7. The lowest BCUT2D eigenvalue weighted by Gasteiger charge is -2.46. The number of carbonyl (C=O) groups excluding carboxylic acids is 3. The zero-order chi connectivity index (χ0) is 18.4. The first kappa shape index (κ1) is 16.9. The van der Waals surface area contributed by atoms with Crippen LogP contribution in [0.15, 0.2) is 35.5 Å². The largest absolute Gasteiger partial charge is 0.456 e.